The summed E-state index contributed by atoms with van der Waals surface area (Å²) in [5, 5.41) is 41.9. The average Bonchev–Trinajstić information content (AvgIpc) is 1.63. The van der Waals surface area contributed by atoms with Gasteiger partial charge < -0.3 is 69.8 Å². The van der Waals surface area contributed by atoms with Gasteiger partial charge in [-0.3, -0.25) is 0 Å². The number of hydrogen-bond acceptors (Lipinski definition) is 22. The number of benzene rings is 3. The molecule has 0 spiro atoms. The van der Waals surface area contributed by atoms with Crippen molar-refractivity contribution in [2.75, 3.05) is 110 Å². The number of anilines is 8. The minimum absolute atomic E-state index is 0.356. The first-order valence-electron chi connectivity index (χ1n) is 38.2. The Bertz CT molecular complexity index is 4950. The summed E-state index contributed by atoms with van der Waals surface area (Å²) < 4.78 is 9.89. The minimum Gasteiger partial charge on any atom is -0.437 e. The molecule has 3 aromatic carbocycles. The van der Waals surface area contributed by atoms with Gasteiger partial charge in [-0.15, -0.1) is 0 Å². The Kier molecular flexibility index (Phi) is 25.0. The van der Waals surface area contributed by atoms with E-state index in [1.807, 2.05) is 56.0 Å². The molecule has 12 heterocycles. The molecule has 560 valence electrons. The van der Waals surface area contributed by atoms with E-state index in [2.05, 4.69) is 201 Å². The molecule has 0 atom stereocenters. The number of nitrogens with two attached hydrogens (primary N) is 1. The number of pyridine rings is 3. The maximum Gasteiger partial charge on any atom is 0.376 e. The molecule has 31 heteroatoms. The molecular weight excluding hydrogens is 1400 g/mol. The molecule has 3 saturated carbocycles. The topological polar surface area (TPSA) is 310 Å². The lowest BCUT2D eigenvalue weighted by Crippen LogP contribution is -2.51. The van der Waals surface area contributed by atoms with Crippen molar-refractivity contribution in [2.45, 2.75) is 128 Å². The highest BCUT2D eigenvalue weighted by atomic mass is 35.5. The molecule has 0 radical (unpaired) electrons. The molecule has 0 bridgehead atoms. The normalized spacial score (nSPS) is 17.2. The molecule has 12 aromatic rings. The van der Waals surface area contributed by atoms with Crippen molar-refractivity contribution in [1.82, 2.24) is 73.5 Å². The first-order valence-corrected chi connectivity index (χ1v) is 39.0. The molecular formula is C77H95B2Cl2N25O2. The standard InChI is InChI=1S/C26H32BN7O.C25H29N7.C16H18N4.C10H15BClN3O.ClHN4/c1-27(35)33-15-13-32(14-16-33)20-11-12-24(28-17-20)30-26-29-18-22-21-9-5-6-10-23(21)34(25(22)31-26)19-7-3-2-4-8-19;1-2-6-18(7-3-1)32-22-9-5-4-8-20(22)21-17-28-25(30-24(21)32)29-23-11-10-19(16-27-23)31-14-12-26-13-15-31;17-16-18-10-13-12-8-4-5-9-14(12)20(15(13)19-16)11-6-2-1-3-7-11;1-11(16)15-6-4-14(5-7-15)9-2-3-10(12)13-8-9;1-3-5-4-2/h5-6,9-12,17-19,35H,2-4,7-8,13-16H2,1H3,(H,28,29,30,31);4-5,8-11,16-18,26H,1-3,6-7,12-15H2,(H,27,28,29,30);4-5,8-11H,1-3,6-7H2,(H2,17,18,19);2-3,8,16H,4-7H2,1H3;2H. The van der Waals surface area contributed by atoms with Crippen LogP contribution in [0.2, 0.25) is 18.8 Å². The number of nitrogens with zero attached hydrogens (tertiary/aromatic N) is 20. The zero-order valence-corrected chi connectivity index (χ0v) is 63.0. The summed E-state index contributed by atoms with van der Waals surface area (Å²) in [4.78, 5) is 52.3. The van der Waals surface area contributed by atoms with Crippen molar-refractivity contribution in [1.29, 1.82) is 5.53 Å². The zero-order valence-electron chi connectivity index (χ0n) is 61.5. The highest BCUT2D eigenvalue weighted by Gasteiger charge is 2.28. The summed E-state index contributed by atoms with van der Waals surface area (Å²) in [5.41, 5.74) is 21.8. The molecule has 27 nitrogen and oxygen atoms in total. The van der Waals surface area contributed by atoms with E-state index in [0.717, 1.165) is 140 Å². The van der Waals surface area contributed by atoms with E-state index in [1.165, 1.54) is 129 Å². The number of hydrogen-bond donors (Lipinski definition) is 7. The van der Waals surface area contributed by atoms with Crippen LogP contribution in [0.3, 0.4) is 0 Å². The zero-order chi connectivity index (χ0) is 74.3. The third-order valence-corrected chi connectivity index (χ3v) is 22.1. The largest absolute Gasteiger partial charge is 0.437 e. The molecule has 3 aliphatic carbocycles. The van der Waals surface area contributed by atoms with Gasteiger partial charge >= 0.3 is 14.1 Å². The third kappa shape index (κ3) is 17.7. The van der Waals surface area contributed by atoms with Crippen LogP contribution in [-0.4, -0.2) is 171 Å². The smallest absolute Gasteiger partial charge is 0.376 e. The van der Waals surface area contributed by atoms with Gasteiger partial charge in [0.25, 0.3) is 0 Å². The van der Waals surface area contributed by atoms with Gasteiger partial charge in [-0.05, 0) is 117 Å². The van der Waals surface area contributed by atoms with Crippen LogP contribution in [0.5, 0.6) is 0 Å². The van der Waals surface area contributed by atoms with Crippen LogP contribution in [-0.2, 0) is 0 Å². The summed E-state index contributed by atoms with van der Waals surface area (Å²) >= 11 is 10.3. The molecule has 18 rings (SSSR count). The molecule has 3 aliphatic heterocycles. The second-order valence-electron chi connectivity index (χ2n) is 28.6. The van der Waals surface area contributed by atoms with Crippen LogP contribution in [0.15, 0.2) is 161 Å². The van der Waals surface area contributed by atoms with E-state index in [0.29, 0.717) is 41.1 Å². The Labute approximate surface area is 639 Å². The number of rotatable bonds is 13. The molecule has 0 amide bonds. The summed E-state index contributed by atoms with van der Waals surface area (Å²) in [6.07, 6.45) is 30.5. The number of piperazine rings is 3. The van der Waals surface area contributed by atoms with Gasteiger partial charge in [0.1, 0.15) is 33.7 Å². The van der Waals surface area contributed by atoms with Crippen molar-refractivity contribution in [3.8, 4) is 0 Å². The van der Waals surface area contributed by atoms with Crippen LogP contribution >= 0.6 is 23.4 Å². The van der Waals surface area contributed by atoms with Crippen LogP contribution in [0, 0.1) is 5.53 Å². The quantitative estimate of drug-likeness (QED) is 0.0244. The Balaban J connectivity index is 0.000000123. The number of aromatic nitrogens is 12. The predicted octanol–water partition coefficient (Wildman–Crippen LogP) is 15.3. The first kappa shape index (κ1) is 75.1. The molecule has 6 fully saturated rings. The Hall–Kier alpha value is -9.74. The van der Waals surface area contributed by atoms with Crippen LogP contribution in [0.1, 0.15) is 114 Å². The van der Waals surface area contributed by atoms with Gasteiger partial charge in [-0.25, -0.2) is 29.9 Å². The van der Waals surface area contributed by atoms with Crippen LogP contribution in [0.25, 0.3) is 65.8 Å². The lowest BCUT2D eigenvalue weighted by molar-refractivity contribution is 0.344. The fraction of sp³-hybridized carbons (Fsp3) is 0.416. The highest BCUT2D eigenvalue weighted by molar-refractivity contribution is 6.45. The van der Waals surface area contributed by atoms with Gasteiger partial charge in [-0.1, -0.05) is 129 Å². The predicted molar refractivity (Wildman–Crippen MR) is 436 cm³/mol. The van der Waals surface area contributed by atoms with Gasteiger partial charge in [0.15, 0.2) is 0 Å². The number of halogens is 2. The Morgan fingerprint density at radius 1 is 0.444 bits per heavy atom. The minimum atomic E-state index is -0.393. The molecule has 6 aliphatic rings. The number of nitrogen functional groups attached to an aromatic ring is 1. The van der Waals surface area contributed by atoms with Gasteiger partial charge in [0.2, 0.25) is 17.8 Å². The maximum atomic E-state index is 9.78. The number of para-hydroxylation sites is 3. The summed E-state index contributed by atoms with van der Waals surface area (Å²) in [6.45, 7) is 14.7. The van der Waals surface area contributed by atoms with Crippen molar-refractivity contribution in [3.63, 3.8) is 0 Å². The van der Waals surface area contributed by atoms with E-state index < -0.39 is 7.05 Å². The molecule has 3 saturated heterocycles. The SMILES string of the molecule is CB(O)N1CCN(c2ccc(Cl)nc2)CC1.CB(O)N1CCN(c2ccc(Nc3ncc4c5ccccc5n(C5CCCCC5)c4n3)nc2)CC1.N=NN=NCl.Nc1ncc2c3ccccc3n(C3CCCCC3)c2n1.c1ccc2c(c1)c1cnc(Nc3ccc(N4CCNCC4)cn3)nc1n2C1CCCCC1. The van der Waals surface area contributed by atoms with Crippen molar-refractivity contribution in [2.24, 2.45) is 15.1 Å². The molecule has 0 unspecified atom stereocenters. The lowest BCUT2D eigenvalue weighted by atomic mass is 9.84. The maximum absolute atomic E-state index is 9.78. The highest BCUT2D eigenvalue weighted by Crippen LogP contribution is 2.41. The van der Waals surface area contributed by atoms with E-state index in [1.54, 1.807) is 19.1 Å². The van der Waals surface area contributed by atoms with E-state index in [9.17, 15) is 10.0 Å². The van der Waals surface area contributed by atoms with Crippen molar-refractivity contribution < 1.29 is 10.0 Å². The van der Waals surface area contributed by atoms with Crippen LogP contribution in [0.4, 0.5) is 46.5 Å². The van der Waals surface area contributed by atoms with Crippen LogP contribution < -0.4 is 36.4 Å². The summed E-state index contributed by atoms with van der Waals surface area (Å²) in [6, 6.07) is 39.2. The Morgan fingerprint density at radius 3 is 1.17 bits per heavy atom. The number of fused-ring (bicyclic) bond motifs is 9. The Morgan fingerprint density at radius 2 is 0.815 bits per heavy atom. The summed E-state index contributed by atoms with van der Waals surface area (Å²) in [7, 11) is -0.749. The third-order valence-electron chi connectivity index (χ3n) is 21.9. The van der Waals surface area contributed by atoms with Crippen molar-refractivity contribution >= 4 is 150 Å². The summed E-state index contributed by atoms with van der Waals surface area (Å²) in [5.74, 6) is 3.03. The monoisotopic (exact) mass is 1490 g/mol. The van der Waals surface area contributed by atoms with Gasteiger partial charge in [0, 0.05) is 148 Å². The second-order valence-corrected chi connectivity index (χ2v) is 29.1. The van der Waals surface area contributed by atoms with E-state index in [4.69, 9.17) is 32.8 Å². The van der Waals surface area contributed by atoms with E-state index in [-0.39, 0.29) is 7.05 Å². The fourth-order valence-corrected chi connectivity index (χ4v) is 16.4. The van der Waals surface area contributed by atoms with Gasteiger partial charge in [0.05, 0.1) is 64.0 Å². The lowest BCUT2D eigenvalue weighted by Gasteiger charge is -2.36. The van der Waals surface area contributed by atoms with Gasteiger partial charge in [-0.2, -0.15) is 20.5 Å². The number of nitrogens with one attached hydrogen (secondary N) is 4. The fourth-order valence-electron chi connectivity index (χ4n) is 16.3. The van der Waals surface area contributed by atoms with Crippen molar-refractivity contribution in [3.05, 3.63) is 152 Å². The molecule has 9 aromatic heterocycles. The average molecular weight is 1500 g/mol. The second kappa shape index (κ2) is 36.0. The molecule has 108 heavy (non-hydrogen) atoms. The molecule has 8 N–H and O–H groups in total. The van der Waals surface area contributed by atoms with E-state index >= 15 is 0 Å². The first-order chi connectivity index (χ1) is 53.0.